The molecule has 3 N–H and O–H groups in total. The number of nitrogens with two attached hydrogens (primary N) is 1. The molecule has 0 unspecified atom stereocenters. The molecule has 1 aliphatic rings. The van der Waals surface area contributed by atoms with Gasteiger partial charge in [-0.25, -0.2) is 4.98 Å². The van der Waals surface area contributed by atoms with E-state index in [2.05, 4.69) is 10.3 Å². The van der Waals surface area contributed by atoms with E-state index in [4.69, 9.17) is 26.8 Å². The Balaban J connectivity index is 1.63. The topological polar surface area (TPSA) is 86.5 Å². The van der Waals surface area contributed by atoms with Gasteiger partial charge in [-0.2, -0.15) is 0 Å². The van der Waals surface area contributed by atoms with E-state index in [0.29, 0.717) is 37.0 Å². The molecule has 0 saturated carbocycles. The van der Waals surface area contributed by atoms with Crippen LogP contribution in [0.15, 0.2) is 18.3 Å². The number of carbonyl (C=O) groups is 1. The second-order valence-corrected chi connectivity index (χ2v) is 4.95. The summed E-state index contributed by atoms with van der Waals surface area (Å²) in [5, 5.41) is 3.32. The van der Waals surface area contributed by atoms with Gasteiger partial charge in [0.1, 0.15) is 12.7 Å². The second-order valence-electron chi connectivity index (χ2n) is 4.51. The van der Waals surface area contributed by atoms with E-state index in [9.17, 15) is 4.79 Å². The lowest BCUT2D eigenvalue weighted by Crippen LogP contribution is -2.37. The third kappa shape index (κ3) is 4.33. The minimum atomic E-state index is -0.391. The van der Waals surface area contributed by atoms with E-state index >= 15 is 0 Å². The van der Waals surface area contributed by atoms with Gasteiger partial charge in [-0.15, -0.1) is 0 Å². The van der Waals surface area contributed by atoms with E-state index in [1.807, 2.05) is 0 Å². The highest BCUT2D eigenvalue weighted by atomic mass is 35.5. The molecule has 1 aliphatic heterocycles. The van der Waals surface area contributed by atoms with Gasteiger partial charge in [0.2, 0.25) is 11.8 Å². The molecule has 1 aromatic heterocycles. The van der Waals surface area contributed by atoms with Gasteiger partial charge >= 0.3 is 0 Å². The van der Waals surface area contributed by atoms with Gasteiger partial charge in [0.15, 0.2) is 0 Å². The van der Waals surface area contributed by atoms with Crippen LogP contribution >= 0.6 is 11.6 Å². The number of nitrogens with zero attached hydrogens (tertiary/aromatic N) is 1. The molecule has 0 bridgehead atoms. The van der Waals surface area contributed by atoms with Crippen molar-refractivity contribution in [3.63, 3.8) is 0 Å². The number of rotatable bonds is 6. The summed E-state index contributed by atoms with van der Waals surface area (Å²) in [7, 11) is 0. The zero-order chi connectivity index (χ0) is 14.4. The molecular weight excluding hydrogens is 282 g/mol. The zero-order valence-electron chi connectivity index (χ0n) is 11.0. The van der Waals surface area contributed by atoms with Crippen LogP contribution in [-0.2, 0) is 9.53 Å². The maximum absolute atomic E-state index is 11.8. The van der Waals surface area contributed by atoms with Gasteiger partial charge < -0.3 is 20.5 Å². The van der Waals surface area contributed by atoms with Gasteiger partial charge in [-0.3, -0.25) is 4.79 Å². The van der Waals surface area contributed by atoms with E-state index in [1.54, 1.807) is 12.1 Å². The molecule has 1 amide bonds. The third-order valence-corrected chi connectivity index (χ3v) is 3.24. The first kappa shape index (κ1) is 15.0. The Morgan fingerprint density at radius 3 is 3.05 bits per heavy atom. The van der Waals surface area contributed by atoms with E-state index < -0.39 is 6.10 Å². The summed E-state index contributed by atoms with van der Waals surface area (Å²) in [6, 6.07) is 3.37. The largest absolute Gasteiger partial charge is 0.476 e. The quantitative estimate of drug-likeness (QED) is 0.757. The average Bonchev–Trinajstić information content (AvgIpc) is 2.94. The summed E-state index contributed by atoms with van der Waals surface area (Å²) in [5.74, 6) is 0.359. The van der Waals surface area contributed by atoms with Crippen molar-refractivity contribution in [1.82, 2.24) is 10.3 Å². The van der Waals surface area contributed by atoms with E-state index in [-0.39, 0.29) is 12.0 Å². The fraction of sp³-hybridized carbons (Fsp3) is 0.538. The molecule has 1 aromatic rings. The smallest absolute Gasteiger partial charge is 0.249 e. The van der Waals surface area contributed by atoms with Gasteiger partial charge in [0, 0.05) is 18.8 Å². The molecule has 20 heavy (non-hydrogen) atoms. The number of nitrogens with one attached hydrogen (secondary N) is 1. The Labute approximate surface area is 122 Å². The van der Waals surface area contributed by atoms with Gasteiger partial charge in [-0.05, 0) is 18.9 Å². The normalized spacial score (nSPS) is 21.7. The first-order valence-electron chi connectivity index (χ1n) is 6.56. The Bertz CT molecular complexity index is 441. The number of amides is 1. The summed E-state index contributed by atoms with van der Waals surface area (Å²) in [5.41, 5.74) is 5.50. The van der Waals surface area contributed by atoms with E-state index in [0.717, 1.165) is 6.42 Å². The number of pyridine rings is 1. The second kappa shape index (κ2) is 7.42. The highest BCUT2D eigenvalue weighted by molar-refractivity contribution is 6.30. The minimum absolute atomic E-state index is 0.000247. The molecule has 0 aliphatic carbocycles. The molecule has 2 rings (SSSR count). The van der Waals surface area contributed by atoms with Crippen molar-refractivity contribution in [3.8, 4) is 5.88 Å². The fourth-order valence-corrected chi connectivity index (χ4v) is 2.08. The number of carbonyl (C=O) groups excluding carboxylic acids is 1. The number of aromatic nitrogens is 1. The van der Waals surface area contributed by atoms with Crippen molar-refractivity contribution in [1.29, 1.82) is 0 Å². The van der Waals surface area contributed by atoms with Crippen molar-refractivity contribution in [2.45, 2.75) is 25.0 Å². The monoisotopic (exact) mass is 299 g/mol. The summed E-state index contributed by atoms with van der Waals surface area (Å²) in [6.07, 6.45) is 2.67. The van der Waals surface area contributed by atoms with Crippen molar-refractivity contribution < 1.29 is 14.3 Å². The first-order valence-corrected chi connectivity index (χ1v) is 6.94. The summed E-state index contributed by atoms with van der Waals surface area (Å²) in [4.78, 5) is 15.8. The van der Waals surface area contributed by atoms with Crippen LogP contribution in [0.25, 0.3) is 0 Å². The molecule has 1 fully saturated rings. The van der Waals surface area contributed by atoms with Gasteiger partial charge in [0.05, 0.1) is 17.7 Å². The standard InChI is InChI=1S/C13H18ClN3O3/c14-9-1-4-12(17-8-9)19-6-5-16-13(18)11-3-2-10(7-15)20-11/h1,4,8,10-11H,2-3,5-7,15H2,(H,16,18)/t10-,11+/m1/s1. The fourth-order valence-electron chi connectivity index (χ4n) is 1.96. The van der Waals surface area contributed by atoms with Gasteiger partial charge in [0.25, 0.3) is 0 Å². The molecule has 2 atom stereocenters. The highest BCUT2D eigenvalue weighted by Gasteiger charge is 2.29. The number of hydrogen-bond acceptors (Lipinski definition) is 5. The summed E-state index contributed by atoms with van der Waals surface area (Å²) in [6.45, 7) is 1.19. The average molecular weight is 300 g/mol. The Kier molecular flexibility index (Phi) is 5.58. The summed E-state index contributed by atoms with van der Waals surface area (Å²) < 4.78 is 10.9. The predicted molar refractivity (Wildman–Crippen MR) is 74.7 cm³/mol. The molecule has 110 valence electrons. The van der Waals surface area contributed by atoms with Crippen LogP contribution in [0.5, 0.6) is 5.88 Å². The van der Waals surface area contributed by atoms with Crippen molar-refractivity contribution in [2.24, 2.45) is 5.73 Å². The number of ether oxygens (including phenoxy) is 2. The lowest BCUT2D eigenvalue weighted by atomic mass is 10.2. The number of hydrogen-bond donors (Lipinski definition) is 2. The van der Waals surface area contributed by atoms with Crippen LogP contribution in [0.1, 0.15) is 12.8 Å². The van der Waals surface area contributed by atoms with Crippen LogP contribution in [0.2, 0.25) is 5.02 Å². The first-order chi connectivity index (χ1) is 9.69. The molecule has 1 saturated heterocycles. The van der Waals surface area contributed by atoms with Crippen LogP contribution < -0.4 is 15.8 Å². The third-order valence-electron chi connectivity index (χ3n) is 3.01. The van der Waals surface area contributed by atoms with Crippen molar-refractivity contribution in [2.75, 3.05) is 19.7 Å². The number of halogens is 1. The molecule has 7 heteroatoms. The van der Waals surface area contributed by atoms with Crippen LogP contribution in [0, 0.1) is 0 Å². The van der Waals surface area contributed by atoms with Crippen molar-refractivity contribution >= 4 is 17.5 Å². The predicted octanol–water partition coefficient (Wildman–Crippen LogP) is 0.736. The van der Waals surface area contributed by atoms with Crippen LogP contribution in [-0.4, -0.2) is 42.8 Å². The Morgan fingerprint density at radius 2 is 2.40 bits per heavy atom. The molecule has 0 aromatic carbocycles. The molecule has 6 nitrogen and oxygen atoms in total. The van der Waals surface area contributed by atoms with Crippen LogP contribution in [0.3, 0.4) is 0 Å². The summed E-state index contributed by atoms with van der Waals surface area (Å²) >= 11 is 5.71. The Hall–Kier alpha value is -1.37. The molecule has 0 spiro atoms. The molecular formula is C13H18ClN3O3. The van der Waals surface area contributed by atoms with Crippen molar-refractivity contribution in [3.05, 3.63) is 23.4 Å². The lowest BCUT2D eigenvalue weighted by molar-refractivity contribution is -0.131. The van der Waals surface area contributed by atoms with E-state index in [1.165, 1.54) is 6.20 Å². The zero-order valence-corrected chi connectivity index (χ0v) is 11.8. The molecule has 0 radical (unpaired) electrons. The van der Waals surface area contributed by atoms with Crippen LogP contribution in [0.4, 0.5) is 0 Å². The SMILES string of the molecule is NC[C@H]1CC[C@@H](C(=O)NCCOc2ccc(Cl)cn2)O1. The van der Waals surface area contributed by atoms with Gasteiger partial charge in [-0.1, -0.05) is 11.6 Å². The maximum Gasteiger partial charge on any atom is 0.249 e. The molecule has 2 heterocycles. The lowest BCUT2D eigenvalue weighted by Gasteiger charge is -2.12. The Morgan fingerprint density at radius 1 is 1.55 bits per heavy atom. The minimum Gasteiger partial charge on any atom is -0.476 e. The maximum atomic E-state index is 11.8. The highest BCUT2D eigenvalue weighted by Crippen LogP contribution is 2.18.